The van der Waals surface area contributed by atoms with E-state index >= 15 is 0 Å². The highest BCUT2D eigenvalue weighted by atomic mass is 16.5. The minimum atomic E-state index is -0.405. The van der Waals surface area contributed by atoms with Crippen molar-refractivity contribution in [2.24, 2.45) is 5.92 Å². The molecule has 1 aromatic carbocycles. The molecule has 0 bridgehead atoms. The fourth-order valence-corrected chi connectivity index (χ4v) is 2.02. The van der Waals surface area contributed by atoms with Crippen LogP contribution in [0.2, 0.25) is 0 Å². The minimum absolute atomic E-state index is 0.405. The number of benzene rings is 1. The molecule has 0 saturated heterocycles. The lowest BCUT2D eigenvalue weighted by Crippen LogP contribution is -2.22. The Morgan fingerprint density at radius 3 is 2.05 bits per heavy atom. The monoisotopic (exact) mass is 292 g/mol. The maximum Gasteiger partial charge on any atom is 0.203 e. The molecule has 0 aliphatic heterocycles. The molecule has 1 rings (SSSR count). The summed E-state index contributed by atoms with van der Waals surface area (Å²) >= 11 is 0. The molecule has 0 aliphatic carbocycles. The van der Waals surface area contributed by atoms with E-state index in [1.54, 1.807) is 33.5 Å². The van der Waals surface area contributed by atoms with Crippen LogP contribution in [0.15, 0.2) is 12.1 Å². The molecule has 5 nitrogen and oxygen atoms in total. The Hall–Kier alpha value is -1.93. The fourth-order valence-electron chi connectivity index (χ4n) is 2.02. The first kappa shape index (κ1) is 17.1. The van der Waals surface area contributed by atoms with Crippen LogP contribution in [0, 0.1) is 17.2 Å². The van der Waals surface area contributed by atoms with Crippen LogP contribution in [0.4, 0.5) is 0 Å². The van der Waals surface area contributed by atoms with Gasteiger partial charge in [0.05, 0.1) is 27.4 Å². The molecule has 1 N–H and O–H groups in total. The van der Waals surface area contributed by atoms with Crippen molar-refractivity contribution in [3.63, 3.8) is 0 Å². The molecule has 1 aromatic rings. The Bertz CT molecular complexity index is 470. The van der Waals surface area contributed by atoms with Crippen molar-refractivity contribution in [3.8, 4) is 23.3 Å². The van der Waals surface area contributed by atoms with Gasteiger partial charge < -0.3 is 14.2 Å². The van der Waals surface area contributed by atoms with Crippen molar-refractivity contribution in [1.29, 1.82) is 5.26 Å². The number of methoxy groups -OCH3 is 3. The molecular formula is C16H24N2O3. The summed E-state index contributed by atoms with van der Waals surface area (Å²) in [6, 6.07) is 5.47. The van der Waals surface area contributed by atoms with E-state index < -0.39 is 6.04 Å². The number of hydrogen-bond donors (Lipinski definition) is 1. The second-order valence-electron chi connectivity index (χ2n) is 5.16. The molecule has 1 atom stereocenters. The van der Waals surface area contributed by atoms with E-state index in [1.807, 2.05) is 0 Å². The molecule has 0 aromatic heterocycles. The second-order valence-corrected chi connectivity index (χ2v) is 5.16. The van der Waals surface area contributed by atoms with Crippen LogP contribution in [0.25, 0.3) is 0 Å². The number of hydrogen-bond acceptors (Lipinski definition) is 5. The zero-order chi connectivity index (χ0) is 15.8. The topological polar surface area (TPSA) is 63.5 Å². The van der Waals surface area contributed by atoms with Gasteiger partial charge in [-0.05, 0) is 36.6 Å². The standard InChI is InChI=1S/C16H24N2O3/c1-11(2)6-7-18-13(10-17)12-8-14(19-3)16(21-5)15(9-12)20-4/h8-9,11,13,18H,6-7H2,1-5H3. The van der Waals surface area contributed by atoms with E-state index in [0.717, 1.165) is 18.5 Å². The van der Waals surface area contributed by atoms with Crippen molar-refractivity contribution in [2.45, 2.75) is 26.3 Å². The van der Waals surface area contributed by atoms with Crippen LogP contribution in [0.3, 0.4) is 0 Å². The molecule has 0 saturated carbocycles. The van der Waals surface area contributed by atoms with Gasteiger partial charge in [-0.2, -0.15) is 5.26 Å². The van der Waals surface area contributed by atoms with Crippen molar-refractivity contribution in [3.05, 3.63) is 17.7 Å². The molecule has 0 amide bonds. The highest BCUT2D eigenvalue weighted by Crippen LogP contribution is 2.39. The number of nitrogens with one attached hydrogen (secondary N) is 1. The molecule has 116 valence electrons. The van der Waals surface area contributed by atoms with E-state index in [0.29, 0.717) is 23.2 Å². The van der Waals surface area contributed by atoms with Crippen molar-refractivity contribution < 1.29 is 14.2 Å². The van der Waals surface area contributed by atoms with Gasteiger partial charge in [-0.3, -0.25) is 5.32 Å². The van der Waals surface area contributed by atoms with Gasteiger partial charge in [-0.15, -0.1) is 0 Å². The summed E-state index contributed by atoms with van der Waals surface area (Å²) in [6.07, 6.45) is 1.02. The van der Waals surface area contributed by atoms with Gasteiger partial charge in [0.25, 0.3) is 0 Å². The summed E-state index contributed by atoms with van der Waals surface area (Å²) in [6.45, 7) is 5.09. The van der Waals surface area contributed by atoms with Crippen LogP contribution in [-0.4, -0.2) is 27.9 Å². The number of rotatable bonds is 8. The van der Waals surface area contributed by atoms with Gasteiger partial charge in [0.15, 0.2) is 11.5 Å². The molecule has 0 radical (unpaired) electrons. The molecule has 0 heterocycles. The summed E-state index contributed by atoms with van der Waals surface area (Å²) in [5.74, 6) is 2.23. The zero-order valence-electron chi connectivity index (χ0n) is 13.4. The molecule has 21 heavy (non-hydrogen) atoms. The Labute approximate surface area is 126 Å². The zero-order valence-corrected chi connectivity index (χ0v) is 13.4. The molecule has 0 spiro atoms. The number of ether oxygens (including phenoxy) is 3. The number of nitrogens with zero attached hydrogens (tertiary/aromatic N) is 1. The van der Waals surface area contributed by atoms with Crippen LogP contribution in [0.1, 0.15) is 31.9 Å². The van der Waals surface area contributed by atoms with Crippen molar-refractivity contribution >= 4 is 0 Å². The van der Waals surface area contributed by atoms with Crippen molar-refractivity contribution in [2.75, 3.05) is 27.9 Å². The largest absolute Gasteiger partial charge is 0.493 e. The van der Waals surface area contributed by atoms with Crippen LogP contribution < -0.4 is 19.5 Å². The third kappa shape index (κ3) is 4.54. The normalized spacial score (nSPS) is 11.9. The molecule has 0 aliphatic rings. The van der Waals surface area contributed by atoms with Crippen LogP contribution in [0.5, 0.6) is 17.2 Å². The van der Waals surface area contributed by atoms with E-state index in [2.05, 4.69) is 25.2 Å². The average Bonchev–Trinajstić information content (AvgIpc) is 2.49. The van der Waals surface area contributed by atoms with Gasteiger partial charge in [-0.1, -0.05) is 13.8 Å². The second kappa shape index (κ2) is 8.38. The third-order valence-corrected chi connectivity index (χ3v) is 3.22. The summed E-state index contributed by atoms with van der Waals surface area (Å²) in [7, 11) is 4.69. The lowest BCUT2D eigenvalue weighted by Gasteiger charge is -2.17. The summed E-state index contributed by atoms with van der Waals surface area (Å²) in [5.41, 5.74) is 0.802. The maximum atomic E-state index is 9.37. The highest BCUT2D eigenvalue weighted by molar-refractivity contribution is 5.55. The van der Waals surface area contributed by atoms with Gasteiger partial charge in [0.2, 0.25) is 5.75 Å². The van der Waals surface area contributed by atoms with Gasteiger partial charge in [0.1, 0.15) is 6.04 Å². The molecular weight excluding hydrogens is 268 g/mol. The average molecular weight is 292 g/mol. The van der Waals surface area contributed by atoms with E-state index in [9.17, 15) is 5.26 Å². The van der Waals surface area contributed by atoms with Gasteiger partial charge >= 0.3 is 0 Å². The predicted octanol–water partition coefficient (Wildman–Crippen LogP) is 2.91. The smallest absolute Gasteiger partial charge is 0.203 e. The maximum absolute atomic E-state index is 9.37. The quantitative estimate of drug-likeness (QED) is 0.798. The van der Waals surface area contributed by atoms with Crippen LogP contribution >= 0.6 is 0 Å². The summed E-state index contributed by atoms with van der Waals surface area (Å²) in [4.78, 5) is 0. The number of nitriles is 1. The highest BCUT2D eigenvalue weighted by Gasteiger charge is 2.18. The Morgan fingerprint density at radius 1 is 1.10 bits per heavy atom. The fraction of sp³-hybridized carbons (Fsp3) is 0.562. The SMILES string of the molecule is COc1cc(C(C#N)NCCC(C)C)cc(OC)c1OC. The third-order valence-electron chi connectivity index (χ3n) is 3.22. The van der Waals surface area contributed by atoms with E-state index in [4.69, 9.17) is 14.2 Å². The lowest BCUT2D eigenvalue weighted by atomic mass is 10.1. The van der Waals surface area contributed by atoms with E-state index in [1.165, 1.54) is 0 Å². The minimum Gasteiger partial charge on any atom is -0.493 e. The Morgan fingerprint density at radius 2 is 1.67 bits per heavy atom. The molecule has 5 heteroatoms. The first-order valence-electron chi connectivity index (χ1n) is 7.00. The van der Waals surface area contributed by atoms with Gasteiger partial charge in [0, 0.05) is 0 Å². The predicted molar refractivity (Wildman–Crippen MR) is 81.9 cm³/mol. The summed E-state index contributed by atoms with van der Waals surface area (Å²) < 4.78 is 15.9. The van der Waals surface area contributed by atoms with Crippen LogP contribution in [-0.2, 0) is 0 Å². The van der Waals surface area contributed by atoms with Crippen molar-refractivity contribution in [1.82, 2.24) is 5.32 Å². The lowest BCUT2D eigenvalue weighted by molar-refractivity contribution is 0.323. The first-order chi connectivity index (χ1) is 10.1. The Balaban J connectivity index is 3.02. The molecule has 1 unspecified atom stereocenters. The summed E-state index contributed by atoms with van der Waals surface area (Å²) in [5, 5.41) is 12.6. The van der Waals surface area contributed by atoms with Gasteiger partial charge in [-0.25, -0.2) is 0 Å². The van der Waals surface area contributed by atoms with E-state index in [-0.39, 0.29) is 0 Å². The Kier molecular flexibility index (Phi) is 6.83. The first-order valence-corrected chi connectivity index (χ1v) is 7.00. The molecule has 0 fully saturated rings.